The van der Waals surface area contributed by atoms with Gasteiger partial charge in [0.25, 0.3) is 10.0 Å². The molecule has 0 saturated carbocycles. The molecule has 1 aromatic rings. The van der Waals surface area contributed by atoms with E-state index in [-0.39, 0.29) is 22.3 Å². The largest absolute Gasteiger partial charge is 0.355 e. The monoisotopic (exact) mass is 392 g/mol. The molecule has 0 aromatic heterocycles. The van der Waals surface area contributed by atoms with E-state index in [1.165, 1.54) is 0 Å². The molecule has 8 heteroatoms. The van der Waals surface area contributed by atoms with Crippen molar-refractivity contribution < 1.29 is 13.2 Å². The summed E-state index contributed by atoms with van der Waals surface area (Å²) in [5, 5.41) is 3.15. The maximum atomic E-state index is 12.7. The molecule has 7 nitrogen and oxygen atoms in total. The summed E-state index contributed by atoms with van der Waals surface area (Å²) in [5.74, 6) is 0.465. The predicted octanol–water partition coefficient (Wildman–Crippen LogP) is 1.48. The Kier molecular flexibility index (Phi) is 5.58. The zero-order valence-electron chi connectivity index (χ0n) is 15.9. The lowest BCUT2D eigenvalue weighted by Gasteiger charge is -2.36. The van der Waals surface area contributed by atoms with E-state index >= 15 is 0 Å². The highest BCUT2D eigenvalue weighted by Gasteiger charge is 2.36. The number of piperidine rings is 1. The summed E-state index contributed by atoms with van der Waals surface area (Å²) in [4.78, 5) is 14.9. The van der Waals surface area contributed by atoms with Gasteiger partial charge in [0.05, 0.1) is 5.54 Å². The van der Waals surface area contributed by atoms with Crippen LogP contribution in [0.5, 0.6) is 0 Å². The van der Waals surface area contributed by atoms with Gasteiger partial charge in [-0.15, -0.1) is 4.40 Å². The van der Waals surface area contributed by atoms with E-state index < -0.39 is 10.0 Å². The van der Waals surface area contributed by atoms with Crippen LogP contribution in [0.3, 0.4) is 0 Å². The number of hydrogen-bond donors (Lipinski definition) is 2. The smallest absolute Gasteiger partial charge is 0.285 e. The Labute approximate surface area is 161 Å². The molecule has 0 unspecified atom stereocenters. The number of fused-ring (bicyclic) bond motifs is 1. The normalized spacial score (nSPS) is 19.5. The Morgan fingerprint density at radius 1 is 1.26 bits per heavy atom. The second-order valence-corrected chi connectivity index (χ2v) is 8.90. The third-order valence-electron chi connectivity index (χ3n) is 5.91. The molecule has 2 aliphatic heterocycles. The van der Waals surface area contributed by atoms with Gasteiger partial charge in [-0.3, -0.25) is 4.79 Å². The molecule has 3 N–H and O–H groups in total. The van der Waals surface area contributed by atoms with Gasteiger partial charge < -0.3 is 16.0 Å². The van der Waals surface area contributed by atoms with Gasteiger partial charge in [-0.05, 0) is 37.8 Å². The van der Waals surface area contributed by atoms with Crippen molar-refractivity contribution in [1.29, 1.82) is 0 Å². The SMILES string of the molecule is CCC(CC)(CN)NC(=O)C1CCN(C2=NS(=O)(=O)c3ccccc32)CC1. The maximum absolute atomic E-state index is 12.7. The van der Waals surface area contributed by atoms with E-state index in [0.29, 0.717) is 43.9 Å². The molecule has 1 saturated heterocycles. The van der Waals surface area contributed by atoms with Crippen molar-refractivity contribution in [2.24, 2.45) is 16.0 Å². The van der Waals surface area contributed by atoms with Crippen molar-refractivity contribution in [2.75, 3.05) is 19.6 Å². The van der Waals surface area contributed by atoms with Crippen LogP contribution in [0.1, 0.15) is 45.1 Å². The minimum Gasteiger partial charge on any atom is -0.355 e. The van der Waals surface area contributed by atoms with Crippen LogP contribution in [-0.2, 0) is 14.8 Å². The van der Waals surface area contributed by atoms with E-state index in [1.54, 1.807) is 18.2 Å². The standard InChI is InChI=1S/C19H28N4O3S/c1-3-19(4-2,13-20)21-18(24)14-9-11-23(12-10-14)17-15-7-5-6-8-16(15)27(25,26)22-17/h5-8,14H,3-4,9-13,20H2,1-2H3,(H,21,24). The molecule has 27 heavy (non-hydrogen) atoms. The van der Waals surface area contributed by atoms with Gasteiger partial charge in [0, 0.05) is 31.1 Å². The number of hydrogen-bond acceptors (Lipinski definition) is 5. The first-order valence-electron chi connectivity index (χ1n) is 9.57. The van der Waals surface area contributed by atoms with E-state index in [9.17, 15) is 13.2 Å². The van der Waals surface area contributed by atoms with Crippen molar-refractivity contribution in [3.05, 3.63) is 29.8 Å². The fourth-order valence-electron chi connectivity index (χ4n) is 3.80. The number of amidine groups is 1. The molecule has 3 rings (SSSR count). The first-order chi connectivity index (χ1) is 12.9. The minimum atomic E-state index is -3.62. The third kappa shape index (κ3) is 3.73. The van der Waals surface area contributed by atoms with Gasteiger partial charge >= 0.3 is 0 Å². The second kappa shape index (κ2) is 7.59. The van der Waals surface area contributed by atoms with Gasteiger partial charge in [0.1, 0.15) is 4.90 Å². The number of sulfonamides is 1. The van der Waals surface area contributed by atoms with Crippen LogP contribution >= 0.6 is 0 Å². The van der Waals surface area contributed by atoms with E-state index in [0.717, 1.165) is 12.8 Å². The van der Waals surface area contributed by atoms with Gasteiger partial charge in [0.2, 0.25) is 5.91 Å². The first kappa shape index (κ1) is 19.8. The molecule has 0 aliphatic carbocycles. The van der Waals surface area contributed by atoms with Gasteiger partial charge in [-0.1, -0.05) is 26.0 Å². The van der Waals surface area contributed by atoms with Crippen molar-refractivity contribution in [1.82, 2.24) is 10.2 Å². The molecular formula is C19H28N4O3S. The summed E-state index contributed by atoms with van der Waals surface area (Å²) < 4.78 is 28.5. The number of carbonyl (C=O) groups is 1. The topological polar surface area (TPSA) is 105 Å². The van der Waals surface area contributed by atoms with Crippen LogP contribution in [0.15, 0.2) is 33.6 Å². The molecule has 0 radical (unpaired) electrons. The number of rotatable bonds is 5. The number of likely N-dealkylation sites (tertiary alicyclic amines) is 1. The Hall–Kier alpha value is -1.93. The quantitative estimate of drug-likeness (QED) is 0.790. The zero-order chi connectivity index (χ0) is 19.7. The lowest BCUT2D eigenvalue weighted by molar-refractivity contribution is -0.128. The number of nitrogens with two attached hydrogens (primary N) is 1. The van der Waals surface area contributed by atoms with E-state index in [1.807, 2.05) is 24.8 Å². The summed E-state index contributed by atoms with van der Waals surface area (Å²) in [6, 6.07) is 6.90. The molecule has 1 amide bonds. The minimum absolute atomic E-state index is 0.0465. The Bertz CT molecular complexity index is 830. The van der Waals surface area contributed by atoms with E-state index in [4.69, 9.17) is 5.73 Å². The van der Waals surface area contributed by atoms with Crippen molar-refractivity contribution in [2.45, 2.75) is 50.0 Å². The Morgan fingerprint density at radius 2 is 1.89 bits per heavy atom. The number of amides is 1. The van der Waals surface area contributed by atoms with Crippen molar-refractivity contribution in [3.8, 4) is 0 Å². The highest BCUT2D eigenvalue weighted by molar-refractivity contribution is 7.90. The molecule has 1 fully saturated rings. The summed E-state index contributed by atoms with van der Waals surface area (Å²) in [6.07, 6.45) is 2.94. The van der Waals surface area contributed by atoms with Crippen molar-refractivity contribution >= 4 is 21.8 Å². The molecule has 0 bridgehead atoms. The lowest BCUT2D eigenvalue weighted by atomic mass is 9.89. The van der Waals surface area contributed by atoms with E-state index in [2.05, 4.69) is 9.71 Å². The summed E-state index contributed by atoms with van der Waals surface area (Å²) in [5.41, 5.74) is 6.20. The molecular weight excluding hydrogens is 364 g/mol. The maximum Gasteiger partial charge on any atom is 0.285 e. The van der Waals surface area contributed by atoms with Crippen LogP contribution in [-0.4, -0.2) is 50.2 Å². The summed E-state index contributed by atoms with van der Waals surface area (Å²) in [7, 11) is -3.62. The molecule has 2 heterocycles. The number of nitrogens with one attached hydrogen (secondary N) is 1. The summed E-state index contributed by atoms with van der Waals surface area (Å²) in [6.45, 7) is 5.71. The third-order valence-corrected chi connectivity index (χ3v) is 7.24. The average molecular weight is 393 g/mol. The van der Waals surface area contributed by atoms with Crippen LogP contribution in [0.4, 0.5) is 0 Å². The van der Waals surface area contributed by atoms with Crippen LogP contribution in [0.25, 0.3) is 0 Å². The number of carbonyl (C=O) groups excluding carboxylic acids is 1. The van der Waals surface area contributed by atoms with Crippen LogP contribution in [0, 0.1) is 5.92 Å². The molecule has 2 aliphatic rings. The highest BCUT2D eigenvalue weighted by atomic mass is 32.2. The highest BCUT2D eigenvalue weighted by Crippen LogP contribution is 2.30. The van der Waals surface area contributed by atoms with Gasteiger partial charge in [0.15, 0.2) is 5.84 Å². The number of benzene rings is 1. The molecule has 1 aromatic carbocycles. The fraction of sp³-hybridized carbons (Fsp3) is 0.579. The van der Waals surface area contributed by atoms with Crippen molar-refractivity contribution in [3.63, 3.8) is 0 Å². The van der Waals surface area contributed by atoms with Gasteiger partial charge in [-0.2, -0.15) is 8.42 Å². The van der Waals surface area contributed by atoms with Gasteiger partial charge in [-0.25, -0.2) is 0 Å². The van der Waals surface area contributed by atoms with Crippen LogP contribution in [0.2, 0.25) is 0 Å². The first-order valence-corrected chi connectivity index (χ1v) is 11.0. The molecule has 148 valence electrons. The lowest BCUT2D eigenvalue weighted by Crippen LogP contribution is -2.55. The number of nitrogens with zero attached hydrogens (tertiary/aromatic N) is 2. The Morgan fingerprint density at radius 3 is 2.48 bits per heavy atom. The fourth-order valence-corrected chi connectivity index (χ4v) is 5.03. The summed E-state index contributed by atoms with van der Waals surface area (Å²) >= 11 is 0. The Balaban J connectivity index is 1.67. The zero-order valence-corrected chi connectivity index (χ0v) is 16.8. The predicted molar refractivity (Wildman–Crippen MR) is 105 cm³/mol. The molecule has 0 spiro atoms. The second-order valence-electron chi connectivity index (χ2n) is 7.33. The van der Waals surface area contributed by atoms with Crippen LogP contribution < -0.4 is 11.1 Å². The average Bonchev–Trinajstić information content (AvgIpc) is 2.98. The molecule has 0 atom stereocenters.